The fraction of sp³-hybridized carbons (Fsp3) is 0.455. The van der Waals surface area contributed by atoms with Crippen molar-refractivity contribution in [3.63, 3.8) is 0 Å². The Morgan fingerprint density at radius 1 is 1.31 bits per heavy atom. The van der Waals surface area contributed by atoms with E-state index in [1.807, 2.05) is 0 Å². The fourth-order valence-electron chi connectivity index (χ4n) is 1.20. The van der Waals surface area contributed by atoms with Gasteiger partial charge in [0.25, 0.3) is 0 Å². The number of quaternary nitrogens is 1. The third kappa shape index (κ3) is 5.50. The first-order valence-electron chi connectivity index (χ1n) is 4.98. The van der Waals surface area contributed by atoms with Crippen LogP contribution in [0.4, 0.5) is 15.8 Å². The van der Waals surface area contributed by atoms with Crippen LogP contribution in [0.15, 0.2) is 18.2 Å². The van der Waals surface area contributed by atoms with Gasteiger partial charge in [0.05, 0.1) is 39.9 Å². The molecule has 1 rings (SSSR count). The number of likely N-dealkylation sites (N-methyl/N-ethyl adjacent to an activating group) is 1. The Morgan fingerprint density at radius 2 is 1.94 bits per heavy atom. The van der Waals surface area contributed by atoms with Crippen molar-refractivity contribution in [3.8, 4) is 0 Å². The van der Waals surface area contributed by atoms with Crippen LogP contribution in [-0.4, -0.2) is 38.7 Å². The number of benzene rings is 1. The Morgan fingerprint density at radius 3 is 2.44 bits per heavy atom. The SMILES string of the molecule is C[N+](C)(C)CCNc1ccc(N)cc1F.[I-]. The smallest absolute Gasteiger partial charge is 0.148 e. The molecule has 3 N–H and O–H groups in total. The van der Waals surface area contributed by atoms with Gasteiger partial charge in [0.2, 0.25) is 0 Å². The minimum atomic E-state index is -0.295. The number of nitrogens with one attached hydrogen (secondary N) is 1. The number of hydrogen-bond acceptors (Lipinski definition) is 2. The normalized spacial score (nSPS) is 10.8. The van der Waals surface area contributed by atoms with Gasteiger partial charge in [-0.15, -0.1) is 0 Å². The lowest BCUT2D eigenvalue weighted by atomic mass is 10.2. The van der Waals surface area contributed by atoms with Crippen LogP contribution in [0.1, 0.15) is 0 Å². The molecule has 0 spiro atoms. The van der Waals surface area contributed by atoms with Gasteiger partial charge in [-0.05, 0) is 18.2 Å². The van der Waals surface area contributed by atoms with E-state index in [1.165, 1.54) is 6.07 Å². The predicted molar refractivity (Wildman–Crippen MR) is 62.2 cm³/mol. The molecule has 0 bridgehead atoms. The van der Waals surface area contributed by atoms with Crippen LogP contribution < -0.4 is 35.0 Å². The molecule has 0 amide bonds. The number of hydrogen-bond donors (Lipinski definition) is 2. The summed E-state index contributed by atoms with van der Waals surface area (Å²) >= 11 is 0. The summed E-state index contributed by atoms with van der Waals surface area (Å²) in [7, 11) is 6.29. The standard InChI is InChI=1S/C11H19FN3.HI/c1-15(2,3)7-6-14-11-5-4-9(13)8-10(11)12;/h4-5,8,14H,6-7,13H2,1-3H3;1H/q+1;/p-1. The third-order valence-corrected chi connectivity index (χ3v) is 2.09. The average molecular weight is 339 g/mol. The molecule has 16 heavy (non-hydrogen) atoms. The van der Waals surface area contributed by atoms with E-state index in [1.54, 1.807) is 12.1 Å². The summed E-state index contributed by atoms with van der Waals surface area (Å²) in [6.45, 7) is 1.67. The molecule has 1 aromatic carbocycles. The number of rotatable bonds is 4. The van der Waals surface area contributed by atoms with Gasteiger partial charge in [0, 0.05) is 5.69 Å². The molecule has 0 aliphatic rings. The molecule has 0 radical (unpaired) electrons. The first kappa shape index (κ1) is 15.4. The van der Waals surface area contributed by atoms with Crippen LogP contribution in [0.3, 0.4) is 0 Å². The third-order valence-electron chi connectivity index (χ3n) is 2.09. The molecule has 5 heteroatoms. The molecular weight excluding hydrogens is 320 g/mol. The Hall–Kier alpha value is -0.560. The molecule has 1 aromatic rings. The first-order chi connectivity index (χ1) is 6.88. The van der Waals surface area contributed by atoms with E-state index < -0.39 is 0 Å². The molecule has 92 valence electrons. The number of anilines is 2. The summed E-state index contributed by atoms with van der Waals surface area (Å²) in [5, 5.41) is 3.05. The first-order valence-corrected chi connectivity index (χ1v) is 4.98. The van der Waals surface area contributed by atoms with Crippen LogP contribution in [-0.2, 0) is 0 Å². The van der Waals surface area contributed by atoms with E-state index in [0.29, 0.717) is 11.4 Å². The second-order valence-electron chi connectivity index (χ2n) is 4.68. The highest BCUT2D eigenvalue weighted by molar-refractivity contribution is 5.52. The van der Waals surface area contributed by atoms with Gasteiger partial charge in [0.1, 0.15) is 5.82 Å². The molecule has 0 atom stereocenters. The summed E-state index contributed by atoms with van der Waals surface area (Å²) in [5.74, 6) is -0.295. The zero-order valence-corrected chi connectivity index (χ0v) is 12.1. The zero-order chi connectivity index (χ0) is 11.5. The quantitative estimate of drug-likeness (QED) is 0.399. The van der Waals surface area contributed by atoms with E-state index in [4.69, 9.17) is 5.73 Å². The lowest BCUT2D eigenvalue weighted by Crippen LogP contribution is -3.00. The van der Waals surface area contributed by atoms with Crippen molar-refractivity contribution >= 4 is 11.4 Å². The van der Waals surface area contributed by atoms with Crippen molar-refractivity contribution < 1.29 is 32.9 Å². The van der Waals surface area contributed by atoms with E-state index >= 15 is 0 Å². The molecule has 0 aromatic heterocycles. The lowest BCUT2D eigenvalue weighted by molar-refractivity contribution is -0.868. The van der Waals surface area contributed by atoms with E-state index in [0.717, 1.165) is 17.6 Å². The van der Waals surface area contributed by atoms with Gasteiger partial charge in [-0.2, -0.15) is 0 Å². The minimum absolute atomic E-state index is 0. The van der Waals surface area contributed by atoms with E-state index in [2.05, 4.69) is 26.5 Å². The van der Waals surface area contributed by atoms with Crippen LogP contribution in [0.2, 0.25) is 0 Å². The Kier molecular flexibility index (Phi) is 6.02. The number of nitrogens with two attached hydrogens (primary N) is 1. The van der Waals surface area contributed by atoms with Gasteiger partial charge in [-0.25, -0.2) is 4.39 Å². The highest BCUT2D eigenvalue weighted by atomic mass is 127. The van der Waals surface area contributed by atoms with Gasteiger partial charge >= 0.3 is 0 Å². The average Bonchev–Trinajstić information content (AvgIpc) is 2.07. The van der Waals surface area contributed by atoms with Gasteiger partial charge in [-0.1, -0.05) is 0 Å². The molecule has 0 aliphatic heterocycles. The summed E-state index contributed by atoms with van der Waals surface area (Å²) in [5.41, 5.74) is 6.42. The molecule has 0 saturated carbocycles. The monoisotopic (exact) mass is 339 g/mol. The lowest BCUT2D eigenvalue weighted by Gasteiger charge is -2.24. The summed E-state index contributed by atoms with van der Waals surface area (Å²) < 4.78 is 14.2. The predicted octanol–water partition coefficient (Wildman–Crippen LogP) is -1.47. The van der Waals surface area contributed by atoms with Crippen molar-refractivity contribution in [1.29, 1.82) is 0 Å². The molecule has 0 heterocycles. The maximum absolute atomic E-state index is 13.3. The van der Waals surface area contributed by atoms with Gasteiger partial charge in [-0.3, -0.25) is 0 Å². The van der Waals surface area contributed by atoms with Crippen LogP contribution in [0, 0.1) is 5.82 Å². The zero-order valence-electron chi connectivity index (χ0n) is 9.93. The number of nitrogens with zero attached hydrogens (tertiary/aromatic N) is 1. The molecule has 3 nitrogen and oxygen atoms in total. The van der Waals surface area contributed by atoms with Crippen molar-refractivity contribution in [2.75, 3.05) is 45.3 Å². The molecule has 0 unspecified atom stereocenters. The second-order valence-corrected chi connectivity index (χ2v) is 4.68. The molecule has 0 fully saturated rings. The highest BCUT2D eigenvalue weighted by Crippen LogP contribution is 2.16. The fourth-order valence-corrected chi connectivity index (χ4v) is 1.20. The summed E-state index contributed by atoms with van der Waals surface area (Å²) in [6.07, 6.45) is 0. The Balaban J connectivity index is 0.00000225. The second kappa shape index (κ2) is 6.24. The topological polar surface area (TPSA) is 38.0 Å². The number of halogens is 2. The van der Waals surface area contributed by atoms with Crippen molar-refractivity contribution in [3.05, 3.63) is 24.0 Å². The van der Waals surface area contributed by atoms with Crippen LogP contribution >= 0.6 is 0 Å². The van der Waals surface area contributed by atoms with Gasteiger partial charge in [0.15, 0.2) is 0 Å². The molecular formula is C11H19FIN3. The van der Waals surface area contributed by atoms with Crippen molar-refractivity contribution in [2.45, 2.75) is 0 Å². The van der Waals surface area contributed by atoms with Crippen molar-refractivity contribution in [1.82, 2.24) is 0 Å². The van der Waals surface area contributed by atoms with Crippen LogP contribution in [0.5, 0.6) is 0 Å². The molecule has 0 aliphatic carbocycles. The Labute approximate surface area is 113 Å². The van der Waals surface area contributed by atoms with Crippen LogP contribution in [0.25, 0.3) is 0 Å². The van der Waals surface area contributed by atoms with Gasteiger partial charge < -0.3 is 39.5 Å². The molecule has 0 saturated heterocycles. The highest BCUT2D eigenvalue weighted by Gasteiger charge is 2.07. The maximum atomic E-state index is 13.3. The summed E-state index contributed by atoms with van der Waals surface area (Å²) in [6, 6.07) is 4.69. The minimum Gasteiger partial charge on any atom is -1.00 e. The largest absolute Gasteiger partial charge is 1.00 e. The van der Waals surface area contributed by atoms with Crippen molar-refractivity contribution in [2.24, 2.45) is 0 Å². The Bertz CT molecular complexity index is 336. The maximum Gasteiger partial charge on any atom is 0.148 e. The van der Waals surface area contributed by atoms with E-state index in [9.17, 15) is 4.39 Å². The number of nitrogen functional groups attached to an aromatic ring is 1. The summed E-state index contributed by atoms with van der Waals surface area (Å²) in [4.78, 5) is 0. The van der Waals surface area contributed by atoms with E-state index in [-0.39, 0.29) is 29.8 Å².